The van der Waals surface area contributed by atoms with Gasteiger partial charge in [0.2, 0.25) is 0 Å². The van der Waals surface area contributed by atoms with E-state index >= 15 is 0 Å². The predicted octanol–water partition coefficient (Wildman–Crippen LogP) is 4.67. The molecule has 0 aliphatic carbocycles. The molecule has 3 aromatic rings. The quantitative estimate of drug-likeness (QED) is 0.727. The van der Waals surface area contributed by atoms with Crippen LogP contribution >= 0.6 is 11.6 Å². The molecule has 1 heterocycles. The number of benzene rings is 2. The molecule has 0 aliphatic heterocycles. The van der Waals surface area contributed by atoms with Gasteiger partial charge in [0.05, 0.1) is 18.4 Å². The van der Waals surface area contributed by atoms with Crippen LogP contribution in [0.25, 0.3) is 11.4 Å². The highest BCUT2D eigenvalue weighted by Gasteiger charge is 2.14. The van der Waals surface area contributed by atoms with E-state index in [9.17, 15) is 4.79 Å². The molecule has 0 fully saturated rings. The summed E-state index contributed by atoms with van der Waals surface area (Å²) in [7, 11) is 1.62. The smallest absolute Gasteiger partial charge is 0.259 e. The van der Waals surface area contributed by atoms with E-state index in [1.807, 2.05) is 31.2 Å². The third-order valence-corrected chi connectivity index (χ3v) is 4.50. The molecule has 5 nitrogen and oxygen atoms in total. The van der Waals surface area contributed by atoms with Crippen molar-refractivity contribution in [3.05, 3.63) is 70.5 Å². The van der Waals surface area contributed by atoms with E-state index < -0.39 is 0 Å². The van der Waals surface area contributed by atoms with Crippen molar-refractivity contribution in [2.45, 2.75) is 13.8 Å². The number of rotatable bonds is 4. The van der Waals surface area contributed by atoms with Gasteiger partial charge in [0.1, 0.15) is 5.75 Å². The Labute approximate surface area is 157 Å². The molecule has 0 unspecified atom stereocenters. The van der Waals surface area contributed by atoms with Crippen molar-refractivity contribution >= 4 is 23.2 Å². The summed E-state index contributed by atoms with van der Waals surface area (Å²) in [6.07, 6.45) is 1.54. The fourth-order valence-electron chi connectivity index (χ4n) is 2.50. The first-order chi connectivity index (χ1) is 12.5. The minimum absolute atomic E-state index is 0.269. The van der Waals surface area contributed by atoms with Gasteiger partial charge in [-0.05, 0) is 55.8 Å². The van der Waals surface area contributed by atoms with Gasteiger partial charge in [0.25, 0.3) is 5.91 Å². The topological polar surface area (TPSA) is 64.1 Å². The zero-order valence-corrected chi connectivity index (χ0v) is 15.5. The summed E-state index contributed by atoms with van der Waals surface area (Å²) in [5, 5.41) is 3.46. The second kappa shape index (κ2) is 7.54. The fraction of sp³-hybridized carbons (Fsp3) is 0.150. The highest BCUT2D eigenvalue weighted by atomic mass is 35.5. The van der Waals surface area contributed by atoms with E-state index in [1.54, 1.807) is 32.2 Å². The first-order valence-corrected chi connectivity index (χ1v) is 8.42. The standard InChI is InChI=1S/C20H18ClN3O2/c1-12-17(21)5-4-6-18(12)24-20(25)16-11-22-19(23-13(16)2)14-7-9-15(26-3)10-8-14/h4-11H,1-3H3,(H,24,25). The summed E-state index contributed by atoms with van der Waals surface area (Å²) in [5.74, 6) is 1.05. The Balaban J connectivity index is 1.84. The molecule has 0 saturated carbocycles. The minimum atomic E-state index is -0.269. The molecule has 3 rings (SSSR count). The lowest BCUT2D eigenvalue weighted by Crippen LogP contribution is -2.15. The van der Waals surface area contributed by atoms with E-state index in [2.05, 4.69) is 15.3 Å². The van der Waals surface area contributed by atoms with Crippen LogP contribution < -0.4 is 10.1 Å². The number of amides is 1. The number of aromatic nitrogens is 2. The summed E-state index contributed by atoms with van der Waals surface area (Å²) in [6.45, 7) is 3.64. The van der Waals surface area contributed by atoms with Gasteiger partial charge in [-0.25, -0.2) is 9.97 Å². The van der Waals surface area contributed by atoms with Gasteiger partial charge in [0, 0.05) is 22.5 Å². The van der Waals surface area contributed by atoms with Crippen LogP contribution in [0.5, 0.6) is 5.75 Å². The molecular formula is C20H18ClN3O2. The van der Waals surface area contributed by atoms with E-state index in [0.29, 0.717) is 27.8 Å². The molecule has 0 bridgehead atoms. The minimum Gasteiger partial charge on any atom is -0.497 e. The number of hydrogen-bond donors (Lipinski definition) is 1. The number of hydrogen-bond acceptors (Lipinski definition) is 4. The average molecular weight is 368 g/mol. The van der Waals surface area contributed by atoms with E-state index in [0.717, 1.165) is 16.9 Å². The molecule has 132 valence electrons. The molecule has 1 amide bonds. The number of nitrogens with one attached hydrogen (secondary N) is 1. The maximum Gasteiger partial charge on any atom is 0.259 e. The molecule has 6 heteroatoms. The first kappa shape index (κ1) is 17.9. The number of anilines is 1. The zero-order chi connectivity index (χ0) is 18.7. The predicted molar refractivity (Wildman–Crippen MR) is 103 cm³/mol. The van der Waals surface area contributed by atoms with Gasteiger partial charge in [-0.1, -0.05) is 17.7 Å². The average Bonchev–Trinajstić information content (AvgIpc) is 2.65. The van der Waals surface area contributed by atoms with Gasteiger partial charge in [0.15, 0.2) is 5.82 Å². The van der Waals surface area contributed by atoms with Crippen molar-refractivity contribution in [3.63, 3.8) is 0 Å². The summed E-state index contributed by atoms with van der Waals surface area (Å²) in [5.41, 5.74) is 3.35. The number of aryl methyl sites for hydroxylation is 1. The SMILES string of the molecule is COc1ccc(-c2ncc(C(=O)Nc3cccc(Cl)c3C)c(C)n2)cc1. The molecular weight excluding hydrogens is 350 g/mol. The van der Waals surface area contributed by atoms with Crippen LogP contribution in [-0.2, 0) is 0 Å². The molecule has 0 atom stereocenters. The van der Waals surface area contributed by atoms with Gasteiger partial charge in [-0.3, -0.25) is 4.79 Å². The largest absolute Gasteiger partial charge is 0.497 e. The molecule has 0 radical (unpaired) electrons. The van der Waals surface area contributed by atoms with E-state index in [4.69, 9.17) is 16.3 Å². The van der Waals surface area contributed by atoms with Crippen LogP contribution in [0.1, 0.15) is 21.6 Å². The summed E-state index contributed by atoms with van der Waals surface area (Å²) < 4.78 is 5.15. The normalized spacial score (nSPS) is 10.5. The van der Waals surface area contributed by atoms with Gasteiger partial charge in [-0.15, -0.1) is 0 Å². The maximum absolute atomic E-state index is 12.6. The van der Waals surface area contributed by atoms with Crippen LogP contribution in [-0.4, -0.2) is 23.0 Å². The lowest BCUT2D eigenvalue weighted by molar-refractivity contribution is 0.102. The molecule has 0 aliphatic rings. The monoisotopic (exact) mass is 367 g/mol. The molecule has 26 heavy (non-hydrogen) atoms. The summed E-state index contributed by atoms with van der Waals surface area (Å²) >= 11 is 6.10. The van der Waals surface area contributed by atoms with Gasteiger partial charge < -0.3 is 10.1 Å². The number of methoxy groups -OCH3 is 1. The molecule has 1 aromatic heterocycles. The van der Waals surface area contributed by atoms with Gasteiger partial charge in [-0.2, -0.15) is 0 Å². The third-order valence-electron chi connectivity index (χ3n) is 4.09. The lowest BCUT2D eigenvalue weighted by Gasteiger charge is -2.11. The maximum atomic E-state index is 12.6. The third kappa shape index (κ3) is 3.68. The van der Waals surface area contributed by atoms with Crippen LogP contribution in [0, 0.1) is 13.8 Å². The van der Waals surface area contributed by atoms with Crippen molar-refractivity contribution in [2.24, 2.45) is 0 Å². The molecule has 0 spiro atoms. The highest BCUT2D eigenvalue weighted by Crippen LogP contribution is 2.24. The Hall–Kier alpha value is -2.92. The number of carbonyl (C=O) groups is 1. The summed E-state index contributed by atoms with van der Waals surface area (Å²) in [6, 6.07) is 12.8. The second-order valence-electron chi connectivity index (χ2n) is 5.79. The Morgan fingerprint density at radius 3 is 2.50 bits per heavy atom. The van der Waals surface area contributed by atoms with Crippen molar-refractivity contribution in [1.82, 2.24) is 9.97 Å². The van der Waals surface area contributed by atoms with Crippen molar-refractivity contribution in [1.29, 1.82) is 0 Å². The van der Waals surface area contributed by atoms with Crippen molar-refractivity contribution < 1.29 is 9.53 Å². The summed E-state index contributed by atoms with van der Waals surface area (Å²) in [4.78, 5) is 21.4. The van der Waals surface area contributed by atoms with Crippen molar-refractivity contribution in [2.75, 3.05) is 12.4 Å². The van der Waals surface area contributed by atoms with E-state index in [-0.39, 0.29) is 5.91 Å². The lowest BCUT2D eigenvalue weighted by atomic mass is 10.1. The molecule has 2 aromatic carbocycles. The fourth-order valence-corrected chi connectivity index (χ4v) is 2.68. The number of nitrogens with zero attached hydrogens (tertiary/aromatic N) is 2. The molecule has 0 saturated heterocycles. The number of halogens is 1. The van der Waals surface area contributed by atoms with Gasteiger partial charge >= 0.3 is 0 Å². The number of ether oxygens (including phenoxy) is 1. The van der Waals surface area contributed by atoms with E-state index in [1.165, 1.54) is 6.20 Å². The first-order valence-electron chi connectivity index (χ1n) is 8.04. The second-order valence-corrected chi connectivity index (χ2v) is 6.19. The Kier molecular flexibility index (Phi) is 5.19. The Morgan fingerprint density at radius 1 is 1.12 bits per heavy atom. The zero-order valence-electron chi connectivity index (χ0n) is 14.7. The van der Waals surface area contributed by atoms with Crippen LogP contribution in [0.2, 0.25) is 5.02 Å². The highest BCUT2D eigenvalue weighted by molar-refractivity contribution is 6.31. The molecule has 1 N–H and O–H groups in total. The van der Waals surface area contributed by atoms with Crippen molar-refractivity contribution in [3.8, 4) is 17.1 Å². The Bertz CT molecular complexity index is 956. The number of carbonyl (C=O) groups excluding carboxylic acids is 1. The van der Waals surface area contributed by atoms with Crippen LogP contribution in [0.4, 0.5) is 5.69 Å². The van der Waals surface area contributed by atoms with Crippen LogP contribution in [0.3, 0.4) is 0 Å². The van der Waals surface area contributed by atoms with Crippen LogP contribution in [0.15, 0.2) is 48.7 Å². The Morgan fingerprint density at radius 2 is 1.85 bits per heavy atom.